The maximum absolute atomic E-state index is 12.5. The Balaban J connectivity index is 1.71. The smallest absolute Gasteiger partial charge is 0.255 e. The van der Waals surface area contributed by atoms with E-state index in [1.54, 1.807) is 53.4 Å². The minimum absolute atomic E-state index is 0.0213. The van der Waals surface area contributed by atoms with Gasteiger partial charge in [0, 0.05) is 29.9 Å². The highest BCUT2D eigenvalue weighted by atomic mass is 16.2. The number of aromatic nitrogens is 4. The summed E-state index contributed by atoms with van der Waals surface area (Å²) in [4.78, 5) is 26.6. The minimum atomic E-state index is -0.257. The van der Waals surface area contributed by atoms with E-state index in [-0.39, 0.29) is 11.8 Å². The lowest BCUT2D eigenvalue weighted by atomic mass is 10.1. The predicted octanol–water partition coefficient (Wildman–Crippen LogP) is 2.40. The molecule has 138 valence electrons. The molecule has 0 bridgehead atoms. The van der Waals surface area contributed by atoms with Gasteiger partial charge in [0.25, 0.3) is 11.8 Å². The number of tetrazole rings is 1. The van der Waals surface area contributed by atoms with Crippen LogP contribution in [-0.4, -0.2) is 50.0 Å². The SMILES string of the molecule is CCN(CC)C(=O)c1ccc(NC(=O)c2cccc(-n3cnnn3)c2)cc1. The summed E-state index contributed by atoms with van der Waals surface area (Å²) in [6.07, 6.45) is 1.46. The lowest BCUT2D eigenvalue weighted by molar-refractivity contribution is 0.0773. The lowest BCUT2D eigenvalue weighted by Crippen LogP contribution is -2.30. The number of amides is 2. The van der Waals surface area contributed by atoms with Crippen molar-refractivity contribution in [3.8, 4) is 5.69 Å². The summed E-state index contributed by atoms with van der Waals surface area (Å²) in [5.41, 5.74) is 2.38. The standard InChI is InChI=1S/C19H20N6O2/c1-3-24(4-2)19(27)14-8-10-16(11-9-14)21-18(26)15-6-5-7-17(12-15)25-13-20-22-23-25/h5-13H,3-4H2,1-2H3,(H,21,26). The van der Waals surface area contributed by atoms with Crippen molar-refractivity contribution in [1.82, 2.24) is 25.1 Å². The van der Waals surface area contributed by atoms with Crippen molar-refractivity contribution in [3.05, 3.63) is 66.0 Å². The molecular weight excluding hydrogens is 344 g/mol. The number of nitrogens with one attached hydrogen (secondary N) is 1. The molecule has 27 heavy (non-hydrogen) atoms. The quantitative estimate of drug-likeness (QED) is 0.725. The normalized spacial score (nSPS) is 10.4. The molecule has 0 fully saturated rings. The topological polar surface area (TPSA) is 93.0 Å². The molecule has 8 nitrogen and oxygen atoms in total. The highest BCUT2D eigenvalue weighted by Gasteiger charge is 2.13. The molecule has 1 N–H and O–H groups in total. The molecule has 0 aliphatic rings. The van der Waals surface area contributed by atoms with Gasteiger partial charge in [0.15, 0.2) is 0 Å². The van der Waals surface area contributed by atoms with Gasteiger partial charge < -0.3 is 10.2 Å². The number of anilines is 1. The third kappa shape index (κ3) is 4.17. The number of carbonyl (C=O) groups excluding carboxylic acids is 2. The molecule has 8 heteroatoms. The van der Waals surface area contributed by atoms with Crippen LogP contribution in [0.3, 0.4) is 0 Å². The van der Waals surface area contributed by atoms with Crippen molar-refractivity contribution in [2.75, 3.05) is 18.4 Å². The van der Waals surface area contributed by atoms with Crippen LogP contribution in [0.5, 0.6) is 0 Å². The fourth-order valence-electron chi connectivity index (χ4n) is 2.66. The summed E-state index contributed by atoms with van der Waals surface area (Å²) in [7, 11) is 0. The van der Waals surface area contributed by atoms with Gasteiger partial charge in [0.05, 0.1) is 5.69 Å². The van der Waals surface area contributed by atoms with Crippen molar-refractivity contribution in [2.45, 2.75) is 13.8 Å². The van der Waals surface area contributed by atoms with Crippen LogP contribution in [0.25, 0.3) is 5.69 Å². The van der Waals surface area contributed by atoms with Crippen LogP contribution in [0.4, 0.5) is 5.69 Å². The number of carbonyl (C=O) groups is 2. The number of hydrogen-bond acceptors (Lipinski definition) is 5. The van der Waals surface area contributed by atoms with Crippen LogP contribution in [0.15, 0.2) is 54.9 Å². The first-order valence-electron chi connectivity index (χ1n) is 8.66. The van der Waals surface area contributed by atoms with E-state index >= 15 is 0 Å². The van der Waals surface area contributed by atoms with Crippen molar-refractivity contribution in [1.29, 1.82) is 0 Å². The zero-order valence-electron chi connectivity index (χ0n) is 15.2. The maximum atomic E-state index is 12.5. The Morgan fingerprint density at radius 2 is 1.78 bits per heavy atom. The Morgan fingerprint density at radius 3 is 2.41 bits per heavy atom. The van der Waals surface area contributed by atoms with Gasteiger partial charge in [-0.25, -0.2) is 4.68 Å². The fourth-order valence-corrected chi connectivity index (χ4v) is 2.66. The summed E-state index contributed by atoms with van der Waals surface area (Å²) in [5.74, 6) is -0.278. The largest absolute Gasteiger partial charge is 0.339 e. The van der Waals surface area contributed by atoms with Crippen molar-refractivity contribution in [3.63, 3.8) is 0 Å². The van der Waals surface area contributed by atoms with Gasteiger partial charge in [0.2, 0.25) is 0 Å². The Kier molecular flexibility index (Phi) is 5.55. The molecule has 3 rings (SSSR count). The second-order valence-corrected chi connectivity index (χ2v) is 5.81. The number of benzene rings is 2. The number of rotatable bonds is 6. The Bertz CT molecular complexity index is 918. The second kappa shape index (κ2) is 8.22. The van der Waals surface area contributed by atoms with Gasteiger partial charge in [-0.05, 0) is 66.7 Å². The first kappa shape index (κ1) is 18.2. The van der Waals surface area contributed by atoms with Crippen molar-refractivity contribution < 1.29 is 9.59 Å². The van der Waals surface area contributed by atoms with Gasteiger partial charge in [0.1, 0.15) is 6.33 Å². The zero-order valence-corrected chi connectivity index (χ0v) is 15.2. The number of hydrogen-bond donors (Lipinski definition) is 1. The van der Waals surface area contributed by atoms with E-state index in [1.807, 2.05) is 13.8 Å². The third-order valence-corrected chi connectivity index (χ3v) is 4.16. The van der Waals surface area contributed by atoms with Crippen LogP contribution in [0.2, 0.25) is 0 Å². The third-order valence-electron chi connectivity index (χ3n) is 4.16. The molecular formula is C19H20N6O2. The molecule has 2 amide bonds. The van der Waals surface area contributed by atoms with Crippen LogP contribution < -0.4 is 5.32 Å². The van der Waals surface area contributed by atoms with Crippen LogP contribution in [0.1, 0.15) is 34.6 Å². The predicted molar refractivity (Wildman–Crippen MR) is 101 cm³/mol. The molecule has 1 aromatic heterocycles. The van der Waals surface area contributed by atoms with Crippen LogP contribution >= 0.6 is 0 Å². The molecule has 0 aliphatic carbocycles. The fraction of sp³-hybridized carbons (Fsp3) is 0.211. The molecule has 0 saturated carbocycles. The Labute approximate surface area is 156 Å². The average Bonchev–Trinajstić information content (AvgIpc) is 3.24. The molecule has 0 aliphatic heterocycles. The first-order chi connectivity index (χ1) is 13.1. The van der Waals surface area contributed by atoms with E-state index in [2.05, 4.69) is 20.8 Å². The molecule has 0 atom stereocenters. The summed E-state index contributed by atoms with van der Waals surface area (Å²) in [6.45, 7) is 5.20. The summed E-state index contributed by atoms with van der Waals surface area (Å²) < 4.78 is 1.48. The molecule has 3 aromatic rings. The van der Waals surface area contributed by atoms with E-state index in [1.165, 1.54) is 11.0 Å². The lowest BCUT2D eigenvalue weighted by Gasteiger charge is -2.18. The van der Waals surface area contributed by atoms with Crippen LogP contribution in [-0.2, 0) is 0 Å². The Hall–Kier alpha value is -3.55. The highest BCUT2D eigenvalue weighted by Crippen LogP contribution is 2.15. The van der Waals surface area contributed by atoms with E-state index in [0.717, 1.165) is 0 Å². The van der Waals surface area contributed by atoms with E-state index in [9.17, 15) is 9.59 Å². The van der Waals surface area contributed by atoms with E-state index in [0.29, 0.717) is 35.6 Å². The average molecular weight is 364 g/mol. The molecule has 0 saturated heterocycles. The van der Waals surface area contributed by atoms with Gasteiger partial charge in [-0.2, -0.15) is 0 Å². The van der Waals surface area contributed by atoms with Crippen molar-refractivity contribution >= 4 is 17.5 Å². The van der Waals surface area contributed by atoms with E-state index < -0.39 is 0 Å². The second-order valence-electron chi connectivity index (χ2n) is 5.81. The van der Waals surface area contributed by atoms with Crippen LogP contribution in [0, 0.1) is 0 Å². The monoisotopic (exact) mass is 364 g/mol. The van der Waals surface area contributed by atoms with Gasteiger partial charge >= 0.3 is 0 Å². The van der Waals surface area contributed by atoms with Gasteiger partial charge in [-0.1, -0.05) is 6.07 Å². The Morgan fingerprint density at radius 1 is 1.04 bits per heavy atom. The molecule has 0 radical (unpaired) electrons. The maximum Gasteiger partial charge on any atom is 0.255 e. The van der Waals surface area contributed by atoms with Gasteiger partial charge in [-0.3, -0.25) is 9.59 Å². The minimum Gasteiger partial charge on any atom is -0.339 e. The summed E-state index contributed by atoms with van der Waals surface area (Å²) in [5, 5.41) is 13.8. The van der Waals surface area contributed by atoms with Crippen molar-refractivity contribution in [2.24, 2.45) is 0 Å². The number of nitrogens with zero attached hydrogens (tertiary/aromatic N) is 5. The van der Waals surface area contributed by atoms with Gasteiger partial charge in [-0.15, -0.1) is 5.10 Å². The zero-order chi connectivity index (χ0) is 19.2. The molecule has 2 aromatic carbocycles. The van der Waals surface area contributed by atoms with E-state index in [4.69, 9.17) is 0 Å². The molecule has 1 heterocycles. The summed E-state index contributed by atoms with van der Waals surface area (Å²) >= 11 is 0. The summed E-state index contributed by atoms with van der Waals surface area (Å²) in [6, 6.07) is 13.9. The first-order valence-corrected chi connectivity index (χ1v) is 8.66. The molecule has 0 unspecified atom stereocenters. The highest BCUT2D eigenvalue weighted by molar-refractivity contribution is 6.05. The molecule has 0 spiro atoms.